The Morgan fingerprint density at radius 1 is 1.00 bits per heavy atom. The molecule has 2 aromatic rings. The average molecular weight is 409 g/mol. The monoisotopic (exact) mass is 409 g/mol. The number of hydrogen-bond donors (Lipinski definition) is 2. The van der Waals surface area contributed by atoms with Crippen molar-refractivity contribution in [3.05, 3.63) is 104 Å². The van der Waals surface area contributed by atoms with E-state index in [0.29, 0.717) is 5.56 Å². The fraction of sp³-hybridized carbons (Fsp3) is 0.100. The van der Waals surface area contributed by atoms with Crippen molar-refractivity contribution in [3.8, 4) is 0 Å². The molecular weight excluding hydrogens is 394 g/mol. The van der Waals surface area contributed by atoms with Gasteiger partial charge in [-0.2, -0.15) is 0 Å². The van der Waals surface area contributed by atoms with E-state index < -0.39 is 27.4 Å². The summed E-state index contributed by atoms with van der Waals surface area (Å²) < 4.78 is 0. The number of benzene rings is 2. The lowest BCUT2D eigenvalue weighted by Crippen LogP contribution is -2.54. The van der Waals surface area contributed by atoms with Crippen molar-refractivity contribution in [3.63, 3.8) is 0 Å². The van der Waals surface area contributed by atoms with Gasteiger partial charge in [-0.3, -0.25) is 30.3 Å². The van der Waals surface area contributed by atoms with Crippen LogP contribution in [0.4, 0.5) is 5.69 Å². The number of carbonyl (C=O) groups excluding carboxylic acids is 1. The summed E-state index contributed by atoms with van der Waals surface area (Å²) >= 11 is 0. The minimum atomic E-state index is -2.08. The fourth-order valence-corrected chi connectivity index (χ4v) is 3.10. The van der Waals surface area contributed by atoms with Crippen molar-refractivity contribution in [2.75, 3.05) is 0 Å². The Kier molecular flexibility index (Phi) is 5.41. The van der Waals surface area contributed by atoms with E-state index in [1.165, 1.54) is 12.1 Å². The number of aliphatic carboxylic acids is 1. The molecule has 3 rings (SSSR count). The second-order valence-electron chi connectivity index (χ2n) is 6.51. The van der Waals surface area contributed by atoms with Crippen LogP contribution in [0.15, 0.2) is 72.3 Å². The van der Waals surface area contributed by atoms with E-state index in [4.69, 9.17) is 0 Å². The number of carboxylic acids is 1. The third-order valence-electron chi connectivity index (χ3n) is 4.65. The molecule has 2 N–H and O–H groups in total. The SMILES string of the molecule is O=C(O)C1=C(c2ccccc2)CC(NC(=O)c2ccc([N+](=O)[O-])cc2)([N+](=O)[O-])C=C1. The van der Waals surface area contributed by atoms with Crippen molar-refractivity contribution in [2.45, 2.75) is 12.1 Å². The molecule has 0 radical (unpaired) electrons. The molecule has 10 heteroatoms. The summed E-state index contributed by atoms with van der Waals surface area (Å²) in [5, 5.41) is 34.5. The van der Waals surface area contributed by atoms with E-state index in [-0.39, 0.29) is 28.8 Å². The van der Waals surface area contributed by atoms with E-state index in [1.807, 2.05) is 0 Å². The summed E-state index contributed by atoms with van der Waals surface area (Å²) in [6, 6.07) is 12.9. The van der Waals surface area contributed by atoms with E-state index in [0.717, 1.165) is 24.3 Å². The molecule has 152 valence electrons. The molecule has 0 bridgehead atoms. The van der Waals surface area contributed by atoms with Gasteiger partial charge in [0.15, 0.2) is 0 Å². The number of carboxylic acid groups (broad SMARTS) is 1. The molecule has 10 nitrogen and oxygen atoms in total. The molecule has 2 aromatic carbocycles. The summed E-state index contributed by atoms with van der Waals surface area (Å²) in [4.78, 5) is 45.6. The van der Waals surface area contributed by atoms with Gasteiger partial charge in [-0.25, -0.2) is 4.79 Å². The van der Waals surface area contributed by atoms with Crippen LogP contribution in [-0.2, 0) is 4.79 Å². The maximum atomic E-state index is 12.6. The van der Waals surface area contributed by atoms with Crippen LogP contribution in [0, 0.1) is 20.2 Å². The van der Waals surface area contributed by atoms with Gasteiger partial charge < -0.3 is 5.11 Å². The number of nitro groups is 2. The molecule has 0 aliphatic heterocycles. The molecule has 0 spiro atoms. The van der Waals surface area contributed by atoms with Crippen LogP contribution in [0.2, 0.25) is 0 Å². The lowest BCUT2D eigenvalue weighted by atomic mass is 9.85. The Hall–Kier alpha value is -4.34. The molecule has 30 heavy (non-hydrogen) atoms. The number of hydrogen-bond acceptors (Lipinski definition) is 6. The normalized spacial score (nSPS) is 18.0. The third-order valence-corrected chi connectivity index (χ3v) is 4.65. The molecule has 0 saturated heterocycles. The zero-order chi connectivity index (χ0) is 21.9. The summed E-state index contributed by atoms with van der Waals surface area (Å²) in [5.74, 6) is -2.07. The molecule has 0 heterocycles. The highest BCUT2D eigenvalue weighted by atomic mass is 16.6. The Bertz CT molecular complexity index is 1090. The van der Waals surface area contributed by atoms with Gasteiger partial charge in [0.25, 0.3) is 11.6 Å². The number of rotatable bonds is 6. The van der Waals surface area contributed by atoms with Gasteiger partial charge >= 0.3 is 11.6 Å². The zero-order valence-corrected chi connectivity index (χ0v) is 15.3. The molecule has 1 amide bonds. The molecule has 0 saturated carbocycles. The standard InChI is InChI=1S/C20H15N3O7/c24-18(14-6-8-15(9-7-14)22(27)28)21-20(23(29)30)11-10-16(19(25)26)17(12-20)13-4-2-1-3-5-13/h1-11H,12H2,(H,21,24)(H,25,26). The van der Waals surface area contributed by atoms with Crippen molar-refractivity contribution in [2.24, 2.45) is 0 Å². The van der Waals surface area contributed by atoms with Gasteiger partial charge in [0, 0.05) is 23.8 Å². The largest absolute Gasteiger partial charge is 0.478 e. The lowest BCUT2D eigenvalue weighted by Gasteiger charge is -2.28. The molecule has 1 aliphatic carbocycles. The van der Waals surface area contributed by atoms with Crippen LogP contribution in [0.5, 0.6) is 0 Å². The maximum absolute atomic E-state index is 12.6. The number of amides is 1. The Labute approximate surface area is 169 Å². The second-order valence-corrected chi connectivity index (χ2v) is 6.51. The average Bonchev–Trinajstić information content (AvgIpc) is 2.74. The Morgan fingerprint density at radius 2 is 1.63 bits per heavy atom. The van der Waals surface area contributed by atoms with E-state index in [1.54, 1.807) is 30.3 Å². The number of nitrogens with zero attached hydrogens (tertiary/aromatic N) is 2. The van der Waals surface area contributed by atoms with Crippen molar-refractivity contribution < 1.29 is 24.5 Å². The predicted molar refractivity (Wildman–Crippen MR) is 105 cm³/mol. The highest BCUT2D eigenvalue weighted by molar-refractivity contribution is 6.01. The Balaban J connectivity index is 1.96. The first kappa shape index (κ1) is 20.4. The summed E-state index contributed by atoms with van der Waals surface area (Å²) in [7, 11) is 0. The predicted octanol–water partition coefficient (Wildman–Crippen LogP) is 2.80. The van der Waals surface area contributed by atoms with Crippen molar-refractivity contribution >= 4 is 23.1 Å². The van der Waals surface area contributed by atoms with Crippen LogP contribution >= 0.6 is 0 Å². The first-order valence-corrected chi connectivity index (χ1v) is 8.66. The van der Waals surface area contributed by atoms with Crippen molar-refractivity contribution in [1.82, 2.24) is 5.32 Å². The minimum Gasteiger partial charge on any atom is -0.478 e. The highest BCUT2D eigenvalue weighted by Gasteiger charge is 2.46. The zero-order valence-electron chi connectivity index (χ0n) is 15.3. The van der Waals surface area contributed by atoms with Crippen molar-refractivity contribution in [1.29, 1.82) is 0 Å². The van der Waals surface area contributed by atoms with Gasteiger partial charge in [-0.15, -0.1) is 0 Å². The fourth-order valence-electron chi connectivity index (χ4n) is 3.10. The molecule has 0 fully saturated rings. The smallest absolute Gasteiger partial charge is 0.335 e. The third kappa shape index (κ3) is 3.92. The van der Waals surface area contributed by atoms with Gasteiger partial charge in [0.05, 0.1) is 21.8 Å². The molecule has 1 unspecified atom stereocenters. The molecule has 0 aromatic heterocycles. The second kappa shape index (κ2) is 7.95. The van der Waals surface area contributed by atoms with E-state index >= 15 is 0 Å². The molecular formula is C20H15N3O7. The highest BCUT2D eigenvalue weighted by Crippen LogP contribution is 2.35. The number of nitro benzene ring substituents is 1. The van der Waals surface area contributed by atoms with Gasteiger partial charge in [0.1, 0.15) is 0 Å². The Morgan fingerprint density at radius 3 is 2.17 bits per heavy atom. The molecule has 1 atom stereocenters. The van der Waals surface area contributed by atoms with Gasteiger partial charge in [-0.1, -0.05) is 30.3 Å². The van der Waals surface area contributed by atoms with Crippen LogP contribution in [0.25, 0.3) is 5.57 Å². The number of carbonyl (C=O) groups is 2. The number of non-ortho nitro benzene ring substituents is 1. The topological polar surface area (TPSA) is 153 Å². The summed E-state index contributed by atoms with van der Waals surface area (Å²) in [6.07, 6.45) is 1.75. The summed E-state index contributed by atoms with van der Waals surface area (Å²) in [6.45, 7) is 0. The minimum absolute atomic E-state index is 0.00972. The summed E-state index contributed by atoms with van der Waals surface area (Å²) in [5.41, 5.74) is -1.74. The maximum Gasteiger partial charge on any atom is 0.335 e. The van der Waals surface area contributed by atoms with Crippen LogP contribution in [0.1, 0.15) is 22.3 Å². The quantitative estimate of drug-likeness (QED) is 0.422. The van der Waals surface area contributed by atoms with E-state index in [2.05, 4.69) is 5.32 Å². The van der Waals surface area contributed by atoms with Gasteiger partial charge in [-0.05, 0) is 29.3 Å². The first-order valence-electron chi connectivity index (χ1n) is 8.66. The first-order chi connectivity index (χ1) is 14.2. The number of nitrogens with one attached hydrogen (secondary N) is 1. The van der Waals surface area contributed by atoms with Gasteiger partial charge in [0.2, 0.25) is 0 Å². The van der Waals surface area contributed by atoms with Crippen LogP contribution in [0.3, 0.4) is 0 Å². The van der Waals surface area contributed by atoms with Crippen LogP contribution < -0.4 is 5.32 Å². The van der Waals surface area contributed by atoms with E-state index in [9.17, 15) is 34.9 Å². The van der Waals surface area contributed by atoms with Crippen LogP contribution in [-0.4, -0.2) is 32.5 Å². The molecule has 1 aliphatic rings. The lowest BCUT2D eigenvalue weighted by molar-refractivity contribution is -0.558.